The summed E-state index contributed by atoms with van der Waals surface area (Å²) in [4.78, 5) is 12.2. The van der Waals surface area contributed by atoms with E-state index < -0.39 is 0 Å². The fourth-order valence-corrected chi connectivity index (χ4v) is 5.87. The first-order valence-electron chi connectivity index (χ1n) is 13.1. The molecule has 2 aliphatic carbocycles. The van der Waals surface area contributed by atoms with Crippen LogP contribution in [0.5, 0.6) is 0 Å². The maximum atomic E-state index is 5.05. The van der Waals surface area contributed by atoms with E-state index in [0.29, 0.717) is 0 Å². The number of aryl methyl sites for hydroxylation is 2. The number of thiazole rings is 2. The summed E-state index contributed by atoms with van der Waals surface area (Å²) in [5, 5.41) is 1.92. The summed E-state index contributed by atoms with van der Waals surface area (Å²) in [5.41, 5.74) is 10.4. The highest BCUT2D eigenvalue weighted by atomic mass is 32.1. The molecule has 0 amide bonds. The number of nitrogens with zero attached hydrogens (tertiary/aromatic N) is 2. The summed E-state index contributed by atoms with van der Waals surface area (Å²) < 4.78 is 0. The molecule has 0 saturated heterocycles. The van der Waals surface area contributed by atoms with Crippen LogP contribution >= 0.6 is 22.7 Å². The summed E-state index contributed by atoms with van der Waals surface area (Å²) in [7, 11) is 0. The zero-order chi connectivity index (χ0) is 25.0. The second-order valence-corrected chi connectivity index (χ2v) is 10.9. The number of rotatable bonds is 11. The van der Waals surface area contributed by atoms with Gasteiger partial charge in [0.2, 0.25) is 0 Å². The molecule has 0 spiro atoms. The Morgan fingerprint density at radius 3 is 1.50 bits per heavy atom. The first-order valence-corrected chi connectivity index (χ1v) is 14.7. The molecule has 0 fully saturated rings. The van der Waals surface area contributed by atoms with Crippen molar-refractivity contribution in [2.75, 3.05) is 0 Å². The molecule has 4 heteroatoms. The molecular formula is C32H32N2S2. The van der Waals surface area contributed by atoms with Gasteiger partial charge in [-0.1, -0.05) is 76.4 Å². The molecule has 0 radical (unpaired) electrons. The zero-order valence-electron chi connectivity index (χ0n) is 21.2. The fraction of sp³-hybridized carbons (Fsp3) is 0.375. The third kappa shape index (κ3) is 7.45. The molecule has 36 heavy (non-hydrogen) atoms. The molecule has 0 atom stereocenters. The van der Waals surface area contributed by atoms with Crippen molar-refractivity contribution >= 4 is 22.7 Å². The van der Waals surface area contributed by atoms with Gasteiger partial charge in [-0.3, -0.25) is 0 Å². The Bertz CT molecular complexity index is 1280. The zero-order valence-corrected chi connectivity index (χ0v) is 22.9. The van der Waals surface area contributed by atoms with Crippen LogP contribution in [0, 0.1) is 23.7 Å². The number of allylic oxidation sites excluding steroid dienone is 6. The van der Waals surface area contributed by atoms with Crippen LogP contribution in [0.2, 0.25) is 0 Å². The number of unbranched alkanes of at least 4 members (excludes halogenated alkanes) is 6. The van der Waals surface area contributed by atoms with Crippen LogP contribution in [0.1, 0.15) is 86.4 Å². The van der Waals surface area contributed by atoms with Gasteiger partial charge in [0.05, 0.1) is 22.5 Å². The molecule has 2 aliphatic rings. The van der Waals surface area contributed by atoms with E-state index >= 15 is 0 Å². The molecular weight excluding hydrogens is 477 g/mol. The summed E-state index contributed by atoms with van der Waals surface area (Å²) in [6, 6.07) is 0. The average Bonchev–Trinajstić information content (AvgIpc) is 3.70. The van der Waals surface area contributed by atoms with Crippen molar-refractivity contribution in [3.05, 3.63) is 80.2 Å². The highest BCUT2D eigenvalue weighted by Crippen LogP contribution is 2.34. The van der Waals surface area contributed by atoms with Crippen molar-refractivity contribution in [1.82, 2.24) is 9.97 Å². The number of hydrogen-bond donors (Lipinski definition) is 0. The molecule has 0 N–H and O–H groups in total. The Kier molecular flexibility index (Phi) is 9.99. The average molecular weight is 509 g/mol. The van der Waals surface area contributed by atoms with E-state index in [1.54, 1.807) is 22.7 Å². The van der Waals surface area contributed by atoms with Crippen LogP contribution in [0.25, 0.3) is 10.0 Å². The van der Waals surface area contributed by atoms with Gasteiger partial charge in [0.25, 0.3) is 0 Å². The molecule has 0 unspecified atom stereocenters. The maximum absolute atomic E-state index is 5.05. The summed E-state index contributed by atoms with van der Waals surface area (Å²) in [6.45, 7) is 4.49. The molecule has 0 saturated carbocycles. The lowest BCUT2D eigenvalue weighted by Crippen LogP contribution is -1.91. The molecule has 182 valence electrons. The van der Waals surface area contributed by atoms with Gasteiger partial charge in [0, 0.05) is 0 Å². The Morgan fingerprint density at radius 1 is 0.639 bits per heavy atom. The molecule has 2 aromatic rings. The lowest BCUT2D eigenvalue weighted by molar-refractivity contribution is 0.661. The van der Waals surface area contributed by atoms with Gasteiger partial charge >= 0.3 is 0 Å². The fourth-order valence-electron chi connectivity index (χ4n) is 3.92. The predicted molar refractivity (Wildman–Crippen MR) is 154 cm³/mol. The van der Waals surface area contributed by atoms with E-state index in [0.717, 1.165) is 68.0 Å². The van der Waals surface area contributed by atoms with Crippen LogP contribution in [-0.2, 0) is 12.8 Å². The van der Waals surface area contributed by atoms with Gasteiger partial charge in [0.1, 0.15) is 9.75 Å². The van der Waals surface area contributed by atoms with Crippen LogP contribution in [0.4, 0.5) is 0 Å². The van der Waals surface area contributed by atoms with Gasteiger partial charge in [-0.05, 0) is 61.8 Å². The summed E-state index contributed by atoms with van der Waals surface area (Å²) >= 11 is 3.33. The molecule has 0 aromatic carbocycles. The van der Waals surface area contributed by atoms with Crippen LogP contribution in [0.15, 0.2) is 59.1 Å². The lowest BCUT2D eigenvalue weighted by atomic mass is 10.1. The van der Waals surface area contributed by atoms with Gasteiger partial charge in [-0.15, -0.1) is 34.1 Å². The Morgan fingerprint density at radius 2 is 1.11 bits per heavy atom. The van der Waals surface area contributed by atoms with Crippen molar-refractivity contribution in [1.29, 1.82) is 0 Å². The van der Waals surface area contributed by atoms with Crippen LogP contribution in [-0.4, -0.2) is 9.97 Å². The number of aromatic nitrogens is 2. The van der Waals surface area contributed by atoms with Gasteiger partial charge in [-0.2, -0.15) is 0 Å². The van der Waals surface area contributed by atoms with Crippen molar-refractivity contribution in [3.63, 3.8) is 0 Å². The topological polar surface area (TPSA) is 25.8 Å². The molecule has 2 aromatic heterocycles. The van der Waals surface area contributed by atoms with Gasteiger partial charge in [-0.25, -0.2) is 9.97 Å². The second-order valence-electron chi connectivity index (χ2n) is 8.88. The molecule has 0 aliphatic heterocycles. The first-order chi connectivity index (χ1) is 17.8. The predicted octanol–water partition coefficient (Wildman–Crippen LogP) is 8.52. The van der Waals surface area contributed by atoms with Crippen molar-refractivity contribution in [3.8, 4) is 33.7 Å². The van der Waals surface area contributed by atoms with Crippen molar-refractivity contribution in [2.45, 2.75) is 78.1 Å². The minimum Gasteiger partial charge on any atom is -0.237 e. The van der Waals surface area contributed by atoms with Gasteiger partial charge in [0.15, 0.2) is 10.0 Å². The standard InChI is InChI=1S/C32H32N2S2/c1-3-5-7-9-19-27-29(23-21-25-15-11-12-16-25)35-31(33-27)32-34-28(20-10-8-6-4-2)30(36-32)24-22-26-17-13-14-18-26/h11-15,17H,3-10,19-20H2,1-2H3. The quantitative estimate of drug-likeness (QED) is 0.173. The summed E-state index contributed by atoms with van der Waals surface area (Å²) in [6.07, 6.45) is 23.4. The largest absolute Gasteiger partial charge is 0.237 e. The van der Waals surface area contributed by atoms with Crippen LogP contribution in [0.3, 0.4) is 0 Å². The maximum Gasteiger partial charge on any atom is 0.153 e. The third-order valence-electron chi connectivity index (χ3n) is 5.93. The Hall–Kier alpha value is -3.10. The third-order valence-corrected chi connectivity index (χ3v) is 8.10. The molecule has 0 bridgehead atoms. The SMILES string of the molecule is CCCCCCc1nc(-c2nc(CCCCCC)c(C#CC3=C=CC=C3)s2)sc1C#CC1=C=CC=C1. The van der Waals surface area contributed by atoms with Crippen molar-refractivity contribution < 1.29 is 0 Å². The van der Waals surface area contributed by atoms with E-state index in [4.69, 9.17) is 9.97 Å². The minimum atomic E-state index is 0.923. The summed E-state index contributed by atoms with van der Waals surface area (Å²) in [5.74, 6) is 13.3. The van der Waals surface area contributed by atoms with E-state index in [1.807, 2.05) is 36.5 Å². The Balaban J connectivity index is 1.62. The molecule has 4 rings (SSSR count). The highest BCUT2D eigenvalue weighted by molar-refractivity contribution is 7.22. The van der Waals surface area contributed by atoms with E-state index in [9.17, 15) is 0 Å². The van der Waals surface area contributed by atoms with Gasteiger partial charge < -0.3 is 0 Å². The highest BCUT2D eigenvalue weighted by Gasteiger charge is 2.17. The lowest BCUT2D eigenvalue weighted by Gasteiger charge is -1.98. The van der Waals surface area contributed by atoms with E-state index in [1.165, 1.54) is 38.5 Å². The number of hydrogen-bond acceptors (Lipinski definition) is 4. The Labute approximate surface area is 224 Å². The monoisotopic (exact) mass is 508 g/mol. The second kappa shape index (κ2) is 13.8. The van der Waals surface area contributed by atoms with E-state index in [2.05, 4.69) is 49.0 Å². The first kappa shape index (κ1) is 26.0. The minimum absolute atomic E-state index is 0.923. The molecule has 2 heterocycles. The molecule has 2 nitrogen and oxygen atoms in total. The van der Waals surface area contributed by atoms with Crippen LogP contribution < -0.4 is 0 Å². The normalized spacial score (nSPS) is 12.9. The van der Waals surface area contributed by atoms with Crippen molar-refractivity contribution in [2.24, 2.45) is 0 Å². The van der Waals surface area contributed by atoms with E-state index in [-0.39, 0.29) is 0 Å². The smallest absolute Gasteiger partial charge is 0.153 e.